The van der Waals surface area contributed by atoms with E-state index < -0.39 is 0 Å². The molecule has 4 nitrogen and oxygen atoms in total. The number of furan rings is 1. The molecule has 0 saturated carbocycles. The van der Waals surface area contributed by atoms with Crippen LogP contribution in [0.4, 0.5) is 0 Å². The topological polar surface area (TPSA) is 45.5 Å². The lowest BCUT2D eigenvalue weighted by Gasteiger charge is -2.22. The molecule has 0 saturated heterocycles. The average Bonchev–Trinajstić information content (AvgIpc) is 2.98. The monoisotopic (exact) mass is 284 g/mol. The second-order valence-corrected chi connectivity index (χ2v) is 5.08. The largest absolute Gasteiger partial charge is 0.465 e. The smallest absolute Gasteiger partial charge is 0.244 e. The van der Waals surface area contributed by atoms with E-state index in [0.717, 1.165) is 12.1 Å². The molecule has 0 bridgehead atoms. The molecule has 110 valence electrons. The van der Waals surface area contributed by atoms with Crippen molar-refractivity contribution >= 4 is 12.0 Å². The lowest BCUT2D eigenvalue weighted by atomic mass is 10.1. The van der Waals surface area contributed by atoms with Gasteiger partial charge >= 0.3 is 0 Å². The zero-order valence-electron chi connectivity index (χ0n) is 12.3. The van der Waals surface area contributed by atoms with Crippen LogP contribution in [-0.2, 0) is 4.79 Å². The fourth-order valence-corrected chi connectivity index (χ4v) is 2.05. The summed E-state index contributed by atoms with van der Waals surface area (Å²) in [7, 11) is 3.97. The van der Waals surface area contributed by atoms with Crippen molar-refractivity contribution in [1.82, 2.24) is 10.2 Å². The first kappa shape index (κ1) is 15.1. The molecule has 0 aliphatic rings. The van der Waals surface area contributed by atoms with Crippen molar-refractivity contribution < 1.29 is 9.21 Å². The van der Waals surface area contributed by atoms with E-state index in [4.69, 9.17) is 4.42 Å². The average molecular weight is 284 g/mol. The number of hydrogen-bond acceptors (Lipinski definition) is 3. The van der Waals surface area contributed by atoms with Gasteiger partial charge < -0.3 is 14.6 Å². The van der Waals surface area contributed by atoms with E-state index in [2.05, 4.69) is 5.32 Å². The van der Waals surface area contributed by atoms with Crippen LogP contribution in [0.25, 0.3) is 6.08 Å². The van der Waals surface area contributed by atoms with E-state index in [1.165, 1.54) is 6.08 Å². The minimum atomic E-state index is -0.137. The van der Waals surface area contributed by atoms with Crippen molar-refractivity contribution in [3.8, 4) is 0 Å². The number of hydrogen-bond donors (Lipinski definition) is 1. The molecule has 1 aromatic heterocycles. The quantitative estimate of drug-likeness (QED) is 0.830. The maximum absolute atomic E-state index is 12.0. The van der Waals surface area contributed by atoms with Gasteiger partial charge in [0, 0.05) is 12.6 Å². The van der Waals surface area contributed by atoms with E-state index >= 15 is 0 Å². The number of benzene rings is 1. The lowest BCUT2D eigenvalue weighted by molar-refractivity contribution is -0.117. The second kappa shape index (κ2) is 7.45. The van der Waals surface area contributed by atoms with Gasteiger partial charge in [-0.25, -0.2) is 0 Å². The summed E-state index contributed by atoms with van der Waals surface area (Å²) in [6.07, 6.45) is 4.73. The number of carbonyl (C=O) groups excluding carboxylic acids is 1. The van der Waals surface area contributed by atoms with Crippen LogP contribution in [-0.4, -0.2) is 31.4 Å². The Labute approximate surface area is 125 Å². The van der Waals surface area contributed by atoms with E-state index in [1.54, 1.807) is 24.5 Å². The normalized spacial score (nSPS) is 12.7. The Kier molecular flexibility index (Phi) is 5.35. The number of amides is 1. The van der Waals surface area contributed by atoms with Crippen molar-refractivity contribution in [1.29, 1.82) is 0 Å². The number of carbonyl (C=O) groups is 1. The molecule has 0 unspecified atom stereocenters. The number of nitrogens with zero attached hydrogens (tertiary/aromatic N) is 1. The molecule has 2 aromatic rings. The predicted octanol–water partition coefficient (Wildman–Crippen LogP) is 2.71. The molecule has 1 aromatic carbocycles. The van der Waals surface area contributed by atoms with Crippen LogP contribution in [0.5, 0.6) is 0 Å². The van der Waals surface area contributed by atoms with E-state index in [1.807, 2.05) is 49.3 Å². The first-order valence-electron chi connectivity index (χ1n) is 6.87. The summed E-state index contributed by atoms with van der Waals surface area (Å²) < 4.78 is 5.16. The molecular weight excluding hydrogens is 264 g/mol. The van der Waals surface area contributed by atoms with Gasteiger partial charge in [-0.2, -0.15) is 0 Å². The van der Waals surface area contributed by atoms with Crippen molar-refractivity contribution in [2.75, 3.05) is 20.6 Å². The van der Waals surface area contributed by atoms with Crippen LogP contribution in [0, 0.1) is 0 Å². The highest BCUT2D eigenvalue weighted by Crippen LogP contribution is 2.13. The van der Waals surface area contributed by atoms with Crippen molar-refractivity contribution in [2.45, 2.75) is 6.04 Å². The zero-order valence-corrected chi connectivity index (χ0v) is 12.3. The van der Waals surface area contributed by atoms with Crippen LogP contribution in [0.15, 0.2) is 59.2 Å². The Bertz CT molecular complexity index is 574. The molecule has 4 heteroatoms. The fraction of sp³-hybridized carbons (Fsp3) is 0.235. The van der Waals surface area contributed by atoms with Gasteiger partial charge in [-0.05, 0) is 37.9 Å². The molecule has 0 aliphatic carbocycles. The van der Waals surface area contributed by atoms with Gasteiger partial charge in [0.15, 0.2) is 0 Å². The van der Waals surface area contributed by atoms with Crippen LogP contribution < -0.4 is 5.32 Å². The highest BCUT2D eigenvalue weighted by atomic mass is 16.3. The van der Waals surface area contributed by atoms with Gasteiger partial charge in [0.05, 0.1) is 12.3 Å². The number of nitrogens with one attached hydrogen (secondary N) is 1. The van der Waals surface area contributed by atoms with E-state index in [9.17, 15) is 4.79 Å². The molecule has 0 aliphatic heterocycles. The van der Waals surface area contributed by atoms with Crippen LogP contribution in [0.2, 0.25) is 0 Å². The van der Waals surface area contributed by atoms with Crippen molar-refractivity contribution in [3.63, 3.8) is 0 Å². The molecule has 21 heavy (non-hydrogen) atoms. The second-order valence-electron chi connectivity index (χ2n) is 5.08. The fourth-order valence-electron chi connectivity index (χ4n) is 2.05. The summed E-state index contributed by atoms with van der Waals surface area (Å²) in [5.41, 5.74) is 1.09. The molecule has 1 atom stereocenters. The predicted molar refractivity (Wildman–Crippen MR) is 83.6 cm³/mol. The summed E-state index contributed by atoms with van der Waals surface area (Å²) in [5.74, 6) is 0.524. The Balaban J connectivity index is 2.03. The molecule has 1 heterocycles. The van der Waals surface area contributed by atoms with Crippen LogP contribution in [0.3, 0.4) is 0 Å². The zero-order chi connectivity index (χ0) is 15.1. The van der Waals surface area contributed by atoms with Gasteiger partial charge in [-0.15, -0.1) is 0 Å². The number of likely N-dealkylation sites (N-methyl/N-ethyl adjacent to an activating group) is 1. The summed E-state index contributed by atoms with van der Waals surface area (Å²) in [4.78, 5) is 14.1. The van der Waals surface area contributed by atoms with Crippen LogP contribution in [0.1, 0.15) is 17.4 Å². The molecule has 0 spiro atoms. The molecule has 0 radical (unpaired) electrons. The van der Waals surface area contributed by atoms with Gasteiger partial charge in [-0.1, -0.05) is 30.3 Å². The van der Waals surface area contributed by atoms with Gasteiger partial charge in [-0.3, -0.25) is 4.79 Å². The van der Waals surface area contributed by atoms with Crippen molar-refractivity contribution in [2.24, 2.45) is 0 Å². The van der Waals surface area contributed by atoms with Gasteiger partial charge in [0.25, 0.3) is 0 Å². The van der Waals surface area contributed by atoms with E-state index in [-0.39, 0.29) is 11.9 Å². The lowest BCUT2D eigenvalue weighted by Crippen LogP contribution is -2.34. The first-order valence-corrected chi connectivity index (χ1v) is 6.87. The Morgan fingerprint density at radius 1 is 1.24 bits per heavy atom. The maximum Gasteiger partial charge on any atom is 0.244 e. The highest BCUT2D eigenvalue weighted by Gasteiger charge is 2.13. The van der Waals surface area contributed by atoms with Gasteiger partial charge in [0.1, 0.15) is 5.76 Å². The minimum Gasteiger partial charge on any atom is -0.465 e. The summed E-state index contributed by atoms with van der Waals surface area (Å²) >= 11 is 0. The molecule has 0 fully saturated rings. The van der Waals surface area contributed by atoms with Gasteiger partial charge in [0.2, 0.25) is 5.91 Å². The summed E-state index contributed by atoms with van der Waals surface area (Å²) in [6, 6.07) is 13.5. The third kappa shape index (κ3) is 4.93. The summed E-state index contributed by atoms with van der Waals surface area (Å²) in [5, 5.41) is 3.02. The first-order chi connectivity index (χ1) is 10.1. The van der Waals surface area contributed by atoms with Crippen LogP contribution >= 0.6 is 0 Å². The molecule has 2 rings (SSSR count). The summed E-state index contributed by atoms with van der Waals surface area (Å²) in [6.45, 7) is 0.740. The Hall–Kier alpha value is -2.33. The number of rotatable bonds is 6. The molecular formula is C17H20N2O2. The third-order valence-electron chi connectivity index (χ3n) is 3.01. The molecule has 1 N–H and O–H groups in total. The van der Waals surface area contributed by atoms with Crippen molar-refractivity contribution in [3.05, 3.63) is 66.1 Å². The third-order valence-corrected chi connectivity index (χ3v) is 3.01. The molecule has 1 amide bonds. The minimum absolute atomic E-state index is 0.0463. The standard InChI is InChI=1S/C17H20N2O2/c1-19(2)13-16(14-7-4-3-5-8-14)18-17(20)11-10-15-9-6-12-21-15/h3-12,16H,13H2,1-2H3,(H,18,20)/b11-10+/t16-/m1/s1. The Morgan fingerprint density at radius 2 is 2.00 bits per heavy atom. The maximum atomic E-state index is 12.0. The SMILES string of the molecule is CN(C)C[C@@H](NC(=O)/C=C/c1ccco1)c1ccccc1. The van der Waals surface area contributed by atoms with E-state index in [0.29, 0.717) is 5.76 Å². The Morgan fingerprint density at radius 3 is 2.62 bits per heavy atom. The highest BCUT2D eigenvalue weighted by molar-refractivity contribution is 5.91.